The number of nitrogens with zero attached hydrogens (tertiary/aromatic N) is 3. The summed E-state index contributed by atoms with van der Waals surface area (Å²) in [7, 11) is 0. The number of nitrogens with one attached hydrogen (secondary N) is 4. The van der Waals surface area contributed by atoms with E-state index in [-0.39, 0.29) is 67.2 Å². The molecule has 378 valence electrons. The molecule has 4 aromatic rings. The van der Waals surface area contributed by atoms with E-state index in [1.165, 1.54) is 9.80 Å². The largest absolute Gasteiger partial charge is 0.391 e. The molecule has 17 nitrogen and oxygen atoms in total. The van der Waals surface area contributed by atoms with Crippen molar-refractivity contribution in [2.75, 3.05) is 16.8 Å². The van der Waals surface area contributed by atoms with Gasteiger partial charge in [0.1, 0.15) is 24.2 Å². The van der Waals surface area contributed by atoms with Gasteiger partial charge in [0.05, 0.1) is 50.7 Å². The molecule has 0 radical (unpaired) electrons. The van der Waals surface area contributed by atoms with Crippen LogP contribution in [0.25, 0.3) is 10.4 Å². The van der Waals surface area contributed by atoms with Gasteiger partial charge in [0, 0.05) is 32.2 Å². The van der Waals surface area contributed by atoms with Crippen LogP contribution in [0.15, 0.2) is 66.2 Å². The first-order valence-corrected chi connectivity index (χ1v) is 25.4. The molecule has 4 heterocycles. The van der Waals surface area contributed by atoms with Gasteiger partial charge in [0.2, 0.25) is 41.4 Å². The number of β-amino-alcohol motifs (C(OH)–C–C–N with tert-alkyl or cyclic N) is 1. The molecule has 7 atom stereocenters. The highest BCUT2D eigenvalue weighted by molar-refractivity contribution is 7.13. The van der Waals surface area contributed by atoms with E-state index < -0.39 is 71.3 Å². The predicted molar refractivity (Wildman–Crippen MR) is 272 cm³/mol. The van der Waals surface area contributed by atoms with Crippen LogP contribution in [-0.4, -0.2) is 99.2 Å². The third-order valence-electron chi connectivity index (χ3n) is 13.6. The number of rotatable bonds is 18. The Kier molecular flexibility index (Phi) is 16.7. The van der Waals surface area contributed by atoms with Crippen molar-refractivity contribution >= 4 is 75.7 Å². The Morgan fingerprint density at radius 1 is 0.930 bits per heavy atom. The number of aliphatic hydroxyl groups excluding tert-OH is 1. The van der Waals surface area contributed by atoms with E-state index in [4.69, 9.17) is 23.1 Å². The van der Waals surface area contributed by atoms with Crippen LogP contribution in [0.4, 0.5) is 11.4 Å². The minimum atomic E-state index is -1.20. The number of aromatic nitrogens is 1. The maximum Gasteiger partial charge on any atom is 0.247 e. The number of benzene rings is 3. The highest BCUT2D eigenvalue weighted by Gasteiger charge is 2.46. The lowest BCUT2D eigenvalue weighted by molar-refractivity contribution is -0.144. The number of para-hydroxylation sites is 1. The minimum Gasteiger partial charge on any atom is -0.391 e. The molecule has 1 fully saturated rings. The number of likely N-dealkylation sites (tertiary alicyclic amines) is 1. The predicted octanol–water partition coefficient (Wildman–Crippen LogP) is 4.78. The number of aryl methyl sites for hydroxylation is 3. The Bertz CT molecular complexity index is 2670. The number of primary amides is 1. The summed E-state index contributed by atoms with van der Waals surface area (Å²) in [6.07, 6.45) is 1.57. The number of nitrogens with two attached hydrogens (primary N) is 2. The van der Waals surface area contributed by atoms with Crippen LogP contribution in [0, 0.1) is 12.3 Å². The van der Waals surface area contributed by atoms with Crippen LogP contribution in [-0.2, 0) is 52.8 Å². The summed E-state index contributed by atoms with van der Waals surface area (Å²) in [5.41, 5.74) is 19.0. The zero-order valence-corrected chi connectivity index (χ0v) is 42.3. The van der Waals surface area contributed by atoms with Gasteiger partial charge in [0.15, 0.2) is 0 Å². The van der Waals surface area contributed by atoms with Crippen molar-refractivity contribution < 1.29 is 38.7 Å². The summed E-state index contributed by atoms with van der Waals surface area (Å²) < 4.78 is 0. The number of carbonyl (C=O) groups excluding carboxylic acids is 7. The summed E-state index contributed by atoms with van der Waals surface area (Å²) in [5, 5.41) is 22.5. The molecular formula is C52H64ClN9O8S. The molecule has 3 aliphatic heterocycles. The molecular weight excluding hydrogens is 946 g/mol. The molecule has 0 saturated carbocycles. The molecule has 71 heavy (non-hydrogen) atoms. The van der Waals surface area contributed by atoms with Gasteiger partial charge in [0.25, 0.3) is 0 Å². The first kappa shape index (κ1) is 52.6. The zero-order valence-electron chi connectivity index (χ0n) is 40.8. The molecule has 1 saturated heterocycles. The Hall–Kier alpha value is -6.21. The van der Waals surface area contributed by atoms with E-state index in [0.29, 0.717) is 43.4 Å². The third-order valence-corrected chi connectivity index (χ3v) is 15.0. The second-order valence-corrected chi connectivity index (χ2v) is 21.2. The number of aliphatic hydroxyl groups is 1. The molecule has 0 bridgehead atoms. The van der Waals surface area contributed by atoms with E-state index in [1.54, 1.807) is 35.0 Å². The maximum atomic E-state index is 14.2. The molecule has 7 rings (SSSR count). The van der Waals surface area contributed by atoms with Crippen LogP contribution in [0.5, 0.6) is 0 Å². The van der Waals surface area contributed by atoms with Crippen LogP contribution < -0.4 is 37.6 Å². The standard InChI is InChI=1S/C52H64ClN9O8S/c1-28(30-16-18-33(19-17-30)45-29(2)56-27-71-45)57-48(67)39-25-35(63)26-61(39)51(70)46(52(3,4)5)60-42(65)15-7-6-10-31-11-9-14-37(43(31)53)58-47(66)38(22-23-41(55)64)59-49(68)40-24-34-13-8-12-32-20-21-36(54)50(69)62(40)44(32)34/h8-9,11-14,16-19,27-28,35-36,38-40,46,63H,6-7,10,15,20-26,54H2,1-5H3,(H2,55,64)(H,57,67)(H,58,66)(H,59,68)(H,60,65)/t28-,35+,36-,38?,39-,40-,46+/m0/s1. The normalized spacial score (nSPS) is 19.8. The van der Waals surface area contributed by atoms with Crippen molar-refractivity contribution in [1.29, 1.82) is 0 Å². The van der Waals surface area contributed by atoms with E-state index in [1.807, 2.05) is 77.1 Å². The van der Waals surface area contributed by atoms with Crippen LogP contribution in [0.2, 0.25) is 5.02 Å². The zero-order chi connectivity index (χ0) is 51.3. The topological polar surface area (TPSA) is 259 Å². The Labute approximate surface area is 422 Å². The van der Waals surface area contributed by atoms with Crippen molar-refractivity contribution in [1.82, 2.24) is 25.8 Å². The van der Waals surface area contributed by atoms with Gasteiger partial charge in [-0.15, -0.1) is 11.3 Å². The van der Waals surface area contributed by atoms with Gasteiger partial charge in [-0.05, 0) is 91.7 Å². The average Bonchev–Trinajstić information content (AvgIpc) is 4.04. The first-order valence-electron chi connectivity index (χ1n) is 24.2. The highest BCUT2D eigenvalue weighted by Crippen LogP contribution is 2.39. The Morgan fingerprint density at radius 3 is 2.32 bits per heavy atom. The van der Waals surface area contributed by atoms with Crippen LogP contribution >= 0.6 is 22.9 Å². The molecule has 7 amide bonds. The summed E-state index contributed by atoms with van der Waals surface area (Å²) in [6, 6.07) is 13.4. The number of halogens is 1. The third kappa shape index (κ3) is 12.3. The molecule has 0 spiro atoms. The minimum absolute atomic E-state index is 0.0491. The van der Waals surface area contributed by atoms with Gasteiger partial charge in [-0.2, -0.15) is 0 Å². The van der Waals surface area contributed by atoms with Crippen molar-refractivity contribution in [3.05, 3.63) is 99.1 Å². The number of anilines is 2. The molecule has 0 aliphatic carbocycles. The Morgan fingerprint density at radius 2 is 1.63 bits per heavy atom. The lowest BCUT2D eigenvalue weighted by atomic mass is 9.85. The van der Waals surface area contributed by atoms with Gasteiger partial charge < -0.3 is 42.7 Å². The fourth-order valence-corrected chi connectivity index (χ4v) is 10.7. The molecule has 1 unspecified atom stereocenters. The van der Waals surface area contributed by atoms with Crippen molar-refractivity contribution in [2.45, 2.75) is 141 Å². The SMILES string of the molecule is Cc1ncsc1-c1ccc([C@H](C)NC(=O)[C@@H]2C[C@@H](O)CN2C(=O)[C@@H](NC(=O)CCCCc2cccc(NC(=O)C(CCC(N)=O)NC(=O)[C@@H]3Cc4cccc5c4N3C(=O)[C@@H](N)CC5)c2Cl)C(C)(C)C)cc1. The fraction of sp³-hybridized carbons (Fsp3) is 0.462. The molecule has 3 aliphatic rings. The average molecular weight is 1010 g/mol. The van der Waals surface area contributed by atoms with E-state index in [9.17, 15) is 38.7 Å². The van der Waals surface area contributed by atoms with E-state index >= 15 is 0 Å². The first-order chi connectivity index (χ1) is 33.7. The van der Waals surface area contributed by atoms with Crippen molar-refractivity contribution in [3.63, 3.8) is 0 Å². The van der Waals surface area contributed by atoms with Crippen LogP contribution in [0.3, 0.4) is 0 Å². The van der Waals surface area contributed by atoms with E-state index in [0.717, 1.165) is 32.8 Å². The van der Waals surface area contributed by atoms with Crippen LogP contribution in [0.1, 0.15) is 107 Å². The number of carbonyl (C=O) groups is 7. The Balaban J connectivity index is 0.924. The quantitative estimate of drug-likeness (QED) is 0.0672. The lowest BCUT2D eigenvalue weighted by Crippen LogP contribution is -2.57. The summed E-state index contributed by atoms with van der Waals surface area (Å²) in [5.74, 6) is -3.45. The van der Waals surface area contributed by atoms with E-state index in [2.05, 4.69) is 26.3 Å². The van der Waals surface area contributed by atoms with Crippen molar-refractivity contribution in [3.8, 4) is 10.4 Å². The summed E-state index contributed by atoms with van der Waals surface area (Å²) in [6.45, 7) is 9.26. The highest BCUT2D eigenvalue weighted by atomic mass is 35.5. The molecule has 9 N–H and O–H groups in total. The van der Waals surface area contributed by atoms with Crippen molar-refractivity contribution in [2.24, 2.45) is 16.9 Å². The number of amides is 7. The van der Waals surface area contributed by atoms with Gasteiger partial charge in [-0.3, -0.25) is 38.5 Å². The maximum absolute atomic E-state index is 14.2. The summed E-state index contributed by atoms with van der Waals surface area (Å²) >= 11 is 8.40. The second kappa shape index (κ2) is 22.5. The molecule has 1 aromatic heterocycles. The molecule has 3 aromatic carbocycles. The number of thiazole rings is 1. The number of hydrogen-bond donors (Lipinski definition) is 7. The fourth-order valence-electron chi connectivity index (χ4n) is 9.62. The second-order valence-electron chi connectivity index (χ2n) is 19.9. The summed E-state index contributed by atoms with van der Waals surface area (Å²) in [4.78, 5) is 103. The molecule has 19 heteroatoms. The lowest BCUT2D eigenvalue weighted by Gasteiger charge is -2.35. The van der Waals surface area contributed by atoms with Gasteiger partial charge in [-0.1, -0.05) is 87.0 Å². The van der Waals surface area contributed by atoms with Gasteiger partial charge in [-0.25, -0.2) is 4.98 Å². The smallest absolute Gasteiger partial charge is 0.247 e. The van der Waals surface area contributed by atoms with Gasteiger partial charge >= 0.3 is 0 Å². The number of unbranched alkanes of at least 4 members (excludes halogenated alkanes) is 1. The number of hydrogen-bond acceptors (Lipinski definition) is 11. The monoisotopic (exact) mass is 1010 g/mol.